The van der Waals surface area contributed by atoms with Crippen molar-refractivity contribution in [2.24, 2.45) is 0 Å². The summed E-state index contributed by atoms with van der Waals surface area (Å²) in [5.41, 5.74) is 0. The van der Waals surface area contributed by atoms with Gasteiger partial charge in [0.25, 0.3) is 0 Å². The molecule has 6 nitrogen and oxygen atoms in total. The molecule has 103 valence electrons. The number of carbonyl (C=O) groups excluding carboxylic acids is 4. The van der Waals surface area contributed by atoms with Gasteiger partial charge in [-0.05, 0) is 6.92 Å². The van der Waals surface area contributed by atoms with Crippen LogP contribution in [0.1, 0.15) is 6.92 Å². The first-order valence-electron chi connectivity index (χ1n) is 3.90. The Morgan fingerprint density at radius 3 is 1.41 bits per heavy atom. The maximum absolute atomic E-state index is 7.75. The Kier molecular flexibility index (Phi) is 63.6. The third-order valence-corrected chi connectivity index (χ3v) is 1.34. The van der Waals surface area contributed by atoms with Crippen LogP contribution in [0.3, 0.4) is 0 Å². The molecule has 0 fully saturated rings. The van der Waals surface area contributed by atoms with Gasteiger partial charge in [0.2, 0.25) is 0 Å². The Hall–Kier alpha value is -1.47. The predicted molar refractivity (Wildman–Crippen MR) is 61.2 cm³/mol. The summed E-state index contributed by atoms with van der Waals surface area (Å²) in [6.45, 7) is 17.3. The third-order valence-electron chi connectivity index (χ3n) is 1.34. The van der Waals surface area contributed by atoms with E-state index in [1.807, 2.05) is 0 Å². The van der Waals surface area contributed by atoms with Gasteiger partial charge in [0.15, 0.2) is 0 Å². The largest absolute Gasteiger partial charge is 0.545 e. The molecule has 0 saturated carbocycles. The van der Waals surface area contributed by atoms with Gasteiger partial charge in [-0.1, -0.05) is 0 Å². The van der Waals surface area contributed by atoms with Crippen LogP contribution in [0.15, 0.2) is 12.4 Å². The van der Waals surface area contributed by atoms with Crippen LogP contribution in [-0.2, 0) is 36.0 Å². The molecule has 0 saturated heterocycles. The van der Waals surface area contributed by atoms with Crippen molar-refractivity contribution in [1.82, 2.24) is 9.80 Å². The molecule has 0 unspecified atom stereocenters. The summed E-state index contributed by atoms with van der Waals surface area (Å²) >= 11 is 0. The molecule has 0 spiro atoms. The van der Waals surface area contributed by atoms with E-state index < -0.39 is 0 Å². The van der Waals surface area contributed by atoms with Gasteiger partial charge < -0.3 is 29.0 Å². The Morgan fingerprint density at radius 1 is 0.941 bits per heavy atom. The molecule has 0 aromatic carbocycles. The smallest absolute Gasteiger partial charge is 0.0890 e. The van der Waals surface area contributed by atoms with Crippen molar-refractivity contribution in [2.75, 3.05) is 20.3 Å². The zero-order valence-corrected chi connectivity index (χ0v) is 10.8. The van der Waals surface area contributed by atoms with E-state index in [1.54, 1.807) is 0 Å². The quantitative estimate of drug-likeness (QED) is 0.482. The van der Waals surface area contributed by atoms with E-state index in [4.69, 9.17) is 19.2 Å². The fourth-order valence-corrected chi connectivity index (χ4v) is 0.794. The third kappa shape index (κ3) is 25.1. The van der Waals surface area contributed by atoms with Crippen molar-refractivity contribution in [1.29, 1.82) is 0 Å². The van der Waals surface area contributed by atoms with E-state index in [0.717, 1.165) is 13.2 Å². The van der Waals surface area contributed by atoms with Gasteiger partial charge in [0.05, 0.1) is 6.67 Å². The van der Waals surface area contributed by atoms with Crippen LogP contribution in [0.2, 0.25) is 0 Å². The first kappa shape index (κ1) is 29.6. The van der Waals surface area contributed by atoms with Crippen molar-refractivity contribution in [3.8, 4) is 0 Å². The van der Waals surface area contributed by atoms with Gasteiger partial charge >= 0.3 is 0 Å². The van der Waals surface area contributed by atoms with Crippen LogP contribution in [0.4, 0.5) is 0 Å². The van der Waals surface area contributed by atoms with Crippen molar-refractivity contribution in [3.05, 3.63) is 12.4 Å². The van der Waals surface area contributed by atoms with Crippen molar-refractivity contribution < 1.29 is 36.0 Å². The van der Waals surface area contributed by atoms with E-state index in [1.165, 1.54) is 0 Å². The molecule has 0 aliphatic carbocycles. The zero-order chi connectivity index (χ0) is 14.0. The molecule has 17 heavy (non-hydrogen) atoms. The number of hydrogen-bond acceptors (Lipinski definition) is 6. The molecular weight excluding hydrogens is 271 g/mol. The molecule has 0 aromatic rings. The van der Waals surface area contributed by atoms with Gasteiger partial charge in [-0.15, -0.1) is 0 Å². The topological polar surface area (TPSA) is 74.8 Å². The van der Waals surface area contributed by atoms with Crippen LogP contribution >= 0.6 is 0 Å². The minimum Gasteiger partial charge on any atom is -0.545 e. The molecule has 1 radical (unpaired) electrons. The molecular formula is C10H16CoN2O4-4. The maximum atomic E-state index is 7.75. The Balaban J connectivity index is -0.0000000462. The average molecular weight is 287 g/mol. The fraction of sp³-hybridized carbons (Fsp3) is 0.400. The fourth-order valence-electron chi connectivity index (χ4n) is 0.794. The molecule has 0 bridgehead atoms. The summed E-state index contributed by atoms with van der Waals surface area (Å²) in [4.78, 5) is 35.4. The minimum absolute atomic E-state index is 0. The van der Waals surface area contributed by atoms with Crippen LogP contribution in [0.25, 0.3) is 0 Å². The number of rotatable bonds is 1. The number of hydrogen-bond donors (Lipinski definition) is 0. The zero-order valence-electron chi connectivity index (χ0n) is 9.74. The monoisotopic (exact) mass is 287 g/mol. The molecule has 0 N–H and O–H groups in total. The summed E-state index contributed by atoms with van der Waals surface area (Å²) < 4.78 is 0. The first-order chi connectivity index (χ1) is 7.83. The summed E-state index contributed by atoms with van der Waals surface area (Å²) in [6.07, 6.45) is 4.20. The molecule has 0 amide bonds. The van der Waals surface area contributed by atoms with E-state index >= 15 is 0 Å². The Bertz CT molecular complexity index is 153. The molecule has 0 aromatic heterocycles. The Morgan fingerprint density at radius 2 is 1.29 bits per heavy atom. The second-order valence-corrected chi connectivity index (χ2v) is 2.10. The second kappa shape index (κ2) is 36.6. The second-order valence-electron chi connectivity index (χ2n) is 2.10. The SMILES string of the molecule is CCN1C=CN(C)C1.[CH-]=O.[CH-]=O.[CH-]=O.[CH-]=O.[Co]. The van der Waals surface area contributed by atoms with Crippen LogP contribution in [-0.4, -0.2) is 57.2 Å². The molecule has 1 rings (SSSR count). The Labute approximate surface area is 113 Å². The minimum atomic E-state index is 0. The van der Waals surface area contributed by atoms with Crippen molar-refractivity contribution in [3.63, 3.8) is 0 Å². The first-order valence-corrected chi connectivity index (χ1v) is 3.90. The van der Waals surface area contributed by atoms with Crippen molar-refractivity contribution in [2.45, 2.75) is 6.92 Å². The summed E-state index contributed by atoms with van der Waals surface area (Å²) in [7, 11) is 2.08. The van der Waals surface area contributed by atoms with Crippen LogP contribution in [0, 0.1) is 0 Å². The van der Waals surface area contributed by atoms with Gasteiger partial charge in [-0.25, -0.2) is 0 Å². The normalized spacial score (nSPS) is 9.53. The molecule has 1 heterocycles. The van der Waals surface area contributed by atoms with E-state index in [-0.39, 0.29) is 16.8 Å². The van der Waals surface area contributed by atoms with Gasteiger partial charge in [0, 0.05) is 42.8 Å². The molecule has 7 heteroatoms. The average Bonchev–Trinajstić information content (AvgIpc) is 2.85. The van der Waals surface area contributed by atoms with Crippen molar-refractivity contribution >= 4 is 27.2 Å². The van der Waals surface area contributed by atoms with Gasteiger partial charge in [-0.3, -0.25) is 27.2 Å². The standard InChI is InChI=1S/C6H12N2.4CHO.Co/c1-3-8-5-4-7(2)6-8;4*1-2;/h4-5H,3,6H2,1-2H3;4*1H;/q;4*-1;. The summed E-state index contributed by atoms with van der Waals surface area (Å²) in [5.74, 6) is 0. The predicted octanol–water partition coefficient (Wildman–Crippen LogP) is -0.416. The summed E-state index contributed by atoms with van der Waals surface area (Å²) in [5, 5.41) is 0. The van der Waals surface area contributed by atoms with E-state index in [2.05, 4.69) is 63.3 Å². The van der Waals surface area contributed by atoms with Crippen LogP contribution in [0.5, 0.6) is 0 Å². The maximum Gasteiger partial charge on any atom is 0.0890 e. The van der Waals surface area contributed by atoms with E-state index in [9.17, 15) is 0 Å². The van der Waals surface area contributed by atoms with Gasteiger partial charge in [0.1, 0.15) is 0 Å². The molecule has 0 atom stereocenters. The van der Waals surface area contributed by atoms with E-state index in [0.29, 0.717) is 0 Å². The van der Waals surface area contributed by atoms with Gasteiger partial charge in [-0.2, -0.15) is 0 Å². The number of nitrogens with zero attached hydrogens (tertiary/aromatic N) is 2. The summed E-state index contributed by atoms with van der Waals surface area (Å²) in [6, 6.07) is 0. The molecule has 1 aliphatic rings. The van der Waals surface area contributed by atoms with Crippen LogP contribution < -0.4 is 0 Å². The molecule has 1 aliphatic heterocycles.